The Morgan fingerprint density at radius 1 is 1.11 bits per heavy atom. The molecule has 1 amide bonds. The van der Waals surface area contributed by atoms with Crippen LogP contribution in [0, 0.1) is 42.4 Å². The Balaban J connectivity index is 1.49. The fourth-order valence-electron chi connectivity index (χ4n) is 6.58. The number of hydrogen-bond acceptors (Lipinski definition) is 10. The summed E-state index contributed by atoms with van der Waals surface area (Å²) < 4.78 is 27.5. The van der Waals surface area contributed by atoms with Crippen LogP contribution >= 0.6 is 0 Å². The number of ketones is 4. The normalized spacial score (nSPS) is 26.2. The van der Waals surface area contributed by atoms with Gasteiger partial charge in [-0.2, -0.15) is 4.72 Å². The van der Waals surface area contributed by atoms with Crippen LogP contribution < -0.4 is 15.4 Å². The maximum atomic E-state index is 13.9. The Kier molecular flexibility index (Phi) is 7.74. The molecule has 0 radical (unpaired) electrons. The number of Topliss-reactive ketones (excluding diaryl/α,β-unsaturated/α-hetero) is 4. The number of rotatable bonds is 5. The monoisotopic (exact) mass is 621 g/mol. The standard InChI is InChI=1S/C31H31N3O9S/c1-15-6-8-19(9-7-15)44(42,43)33-10-4-5-16-13-21(34(2)3)20-12-17-11-18-14-22(35)25(30(32)40)29(39)31(18,41)28(38)23(17)27(37)24(20)26(16)36/h6-9,13,17-18,23,25,33,36,41H,10-12,14H2,1-3H3,(H2,32,40)/t17-,18+,23?,25?,31+/m1/s1. The molecule has 2 aromatic rings. The van der Waals surface area contributed by atoms with Crippen molar-refractivity contribution in [2.24, 2.45) is 29.4 Å². The molecule has 5 N–H and O–H groups in total. The molecular weight excluding hydrogens is 590 g/mol. The summed E-state index contributed by atoms with van der Waals surface area (Å²) in [6.07, 6.45) is -0.311. The molecule has 0 bridgehead atoms. The van der Waals surface area contributed by atoms with Crippen LogP contribution in [0.1, 0.15) is 39.9 Å². The first kappa shape index (κ1) is 31.1. The van der Waals surface area contributed by atoms with Gasteiger partial charge in [-0.15, -0.1) is 0 Å². The lowest BCUT2D eigenvalue weighted by molar-refractivity contribution is -0.175. The minimum absolute atomic E-state index is 0.00163. The van der Waals surface area contributed by atoms with Crippen molar-refractivity contribution >= 4 is 44.8 Å². The highest BCUT2D eigenvalue weighted by molar-refractivity contribution is 7.89. The lowest BCUT2D eigenvalue weighted by atomic mass is 9.53. The molecule has 2 aromatic carbocycles. The number of aryl methyl sites for hydroxylation is 1. The third-order valence-corrected chi connectivity index (χ3v) is 10.2. The molecule has 0 aromatic heterocycles. The molecule has 5 atom stereocenters. The van der Waals surface area contributed by atoms with Gasteiger partial charge in [-0.3, -0.25) is 24.0 Å². The number of aromatic hydroxyl groups is 1. The van der Waals surface area contributed by atoms with E-state index in [0.29, 0.717) is 11.3 Å². The number of carbonyl (C=O) groups excluding carboxylic acids is 5. The minimum Gasteiger partial charge on any atom is -0.506 e. The minimum atomic E-state index is -3.85. The number of sulfonamides is 1. The van der Waals surface area contributed by atoms with E-state index in [1.54, 1.807) is 37.2 Å². The van der Waals surface area contributed by atoms with Crippen LogP contribution in [0.4, 0.5) is 5.69 Å². The van der Waals surface area contributed by atoms with Gasteiger partial charge >= 0.3 is 0 Å². The largest absolute Gasteiger partial charge is 0.506 e. The van der Waals surface area contributed by atoms with Gasteiger partial charge in [0.2, 0.25) is 15.9 Å². The van der Waals surface area contributed by atoms with E-state index in [9.17, 15) is 42.6 Å². The Hall–Kier alpha value is -4.38. The number of nitrogens with zero attached hydrogens (tertiary/aromatic N) is 1. The van der Waals surface area contributed by atoms with Gasteiger partial charge in [-0.25, -0.2) is 8.42 Å². The Bertz CT molecular complexity index is 1800. The third kappa shape index (κ3) is 4.89. The first-order valence-corrected chi connectivity index (χ1v) is 15.4. The van der Waals surface area contributed by atoms with E-state index in [2.05, 4.69) is 16.6 Å². The average Bonchev–Trinajstić information content (AvgIpc) is 2.93. The smallest absolute Gasteiger partial charge is 0.241 e. The fraction of sp³-hybridized carbons (Fsp3) is 0.387. The maximum Gasteiger partial charge on any atom is 0.241 e. The molecule has 0 saturated heterocycles. The van der Waals surface area contributed by atoms with Gasteiger partial charge in [0.1, 0.15) is 5.75 Å². The Morgan fingerprint density at radius 3 is 2.39 bits per heavy atom. The van der Waals surface area contributed by atoms with Crippen molar-refractivity contribution in [1.82, 2.24) is 4.72 Å². The number of fused-ring (bicyclic) bond motifs is 3. The molecule has 2 unspecified atom stereocenters. The number of carbonyl (C=O) groups is 5. The number of phenols is 1. The molecule has 3 aliphatic rings. The van der Waals surface area contributed by atoms with Gasteiger partial charge in [0, 0.05) is 32.1 Å². The third-order valence-electron chi connectivity index (χ3n) is 8.77. The van der Waals surface area contributed by atoms with Crippen LogP contribution in [0.15, 0.2) is 35.2 Å². The molecule has 2 saturated carbocycles. The van der Waals surface area contributed by atoms with Crippen LogP contribution in [0.25, 0.3) is 0 Å². The zero-order valence-electron chi connectivity index (χ0n) is 24.2. The highest BCUT2D eigenvalue weighted by Gasteiger charge is 2.66. The molecule has 3 aliphatic carbocycles. The van der Waals surface area contributed by atoms with Gasteiger partial charge in [0.05, 0.1) is 28.5 Å². The summed E-state index contributed by atoms with van der Waals surface area (Å²) in [5, 5.41) is 22.6. The maximum absolute atomic E-state index is 13.9. The van der Waals surface area contributed by atoms with Crippen molar-refractivity contribution in [2.75, 3.05) is 25.5 Å². The van der Waals surface area contributed by atoms with E-state index in [4.69, 9.17) is 5.73 Å². The molecule has 0 heterocycles. The number of amides is 1. The van der Waals surface area contributed by atoms with E-state index >= 15 is 0 Å². The summed E-state index contributed by atoms with van der Waals surface area (Å²) in [5.41, 5.74) is 4.14. The second-order valence-corrected chi connectivity index (χ2v) is 13.5. The number of phenolic OH excluding ortho intramolecular Hbond substituents is 1. The predicted octanol–water partition coefficient (Wildman–Crippen LogP) is 0.0313. The Labute approximate surface area is 253 Å². The average molecular weight is 622 g/mol. The van der Waals surface area contributed by atoms with E-state index in [1.165, 1.54) is 12.1 Å². The molecule has 0 aliphatic heterocycles. The molecule has 2 fully saturated rings. The second kappa shape index (κ2) is 11.0. The number of nitrogens with two attached hydrogens (primary N) is 1. The van der Waals surface area contributed by atoms with E-state index in [-0.39, 0.29) is 35.4 Å². The van der Waals surface area contributed by atoms with E-state index in [0.717, 1.165) is 5.56 Å². The molecule has 230 valence electrons. The van der Waals surface area contributed by atoms with Crippen LogP contribution in [-0.4, -0.2) is 73.9 Å². The highest BCUT2D eigenvalue weighted by atomic mass is 32.2. The van der Waals surface area contributed by atoms with Crippen molar-refractivity contribution < 1.29 is 42.6 Å². The summed E-state index contributed by atoms with van der Waals surface area (Å²) in [7, 11) is -0.431. The van der Waals surface area contributed by atoms with Crippen LogP contribution in [-0.2, 0) is 35.6 Å². The molecule has 5 rings (SSSR count). The molecule has 0 spiro atoms. The van der Waals surface area contributed by atoms with Gasteiger partial charge < -0.3 is 20.8 Å². The lowest BCUT2D eigenvalue weighted by Gasteiger charge is -2.48. The number of anilines is 1. The summed E-state index contributed by atoms with van der Waals surface area (Å²) in [5.74, 6) is -5.79. The number of aliphatic hydroxyl groups is 1. The SMILES string of the molecule is Cc1ccc(S(=O)(=O)NCC#Cc2cc(N(C)C)c3c(c2O)C(=O)C2C(=O)[C@]4(O)C(=O)C(C(N)=O)C(=O)C[C@@H]4C[C@@H]2C3)cc1. The fourth-order valence-corrected chi connectivity index (χ4v) is 7.50. The van der Waals surface area contributed by atoms with Crippen molar-refractivity contribution in [3.8, 4) is 17.6 Å². The summed E-state index contributed by atoms with van der Waals surface area (Å²) in [6.45, 7) is 1.52. The topological polar surface area (TPSA) is 201 Å². The summed E-state index contributed by atoms with van der Waals surface area (Å²) in [6, 6.07) is 7.79. The Morgan fingerprint density at radius 2 is 1.77 bits per heavy atom. The van der Waals surface area contributed by atoms with Crippen LogP contribution in [0.5, 0.6) is 5.75 Å². The van der Waals surface area contributed by atoms with Crippen molar-refractivity contribution in [2.45, 2.75) is 36.7 Å². The van der Waals surface area contributed by atoms with Crippen molar-refractivity contribution in [3.05, 3.63) is 52.6 Å². The first-order valence-electron chi connectivity index (χ1n) is 13.9. The molecular formula is C31H31N3O9S. The van der Waals surface area contributed by atoms with Crippen molar-refractivity contribution in [3.63, 3.8) is 0 Å². The van der Waals surface area contributed by atoms with Gasteiger partial charge in [-0.05, 0) is 49.4 Å². The number of nitrogens with one attached hydrogen (secondary N) is 1. The van der Waals surface area contributed by atoms with Gasteiger partial charge in [0.25, 0.3) is 0 Å². The first-order chi connectivity index (χ1) is 20.6. The zero-order chi connectivity index (χ0) is 32.3. The van der Waals surface area contributed by atoms with Gasteiger partial charge in [0.15, 0.2) is 34.7 Å². The summed E-state index contributed by atoms with van der Waals surface area (Å²) in [4.78, 5) is 66.9. The van der Waals surface area contributed by atoms with Gasteiger partial charge in [-0.1, -0.05) is 29.5 Å². The number of primary amides is 1. The van der Waals surface area contributed by atoms with Crippen LogP contribution in [0.3, 0.4) is 0 Å². The van der Waals surface area contributed by atoms with Crippen molar-refractivity contribution in [1.29, 1.82) is 0 Å². The van der Waals surface area contributed by atoms with Crippen LogP contribution in [0.2, 0.25) is 0 Å². The second-order valence-electron chi connectivity index (χ2n) is 11.7. The molecule has 13 heteroatoms. The predicted molar refractivity (Wildman–Crippen MR) is 156 cm³/mol. The highest BCUT2D eigenvalue weighted by Crippen LogP contribution is 2.51. The zero-order valence-corrected chi connectivity index (χ0v) is 25.0. The number of hydrogen-bond donors (Lipinski definition) is 4. The van der Waals surface area contributed by atoms with E-state index < -0.39 is 80.5 Å². The molecule has 12 nitrogen and oxygen atoms in total. The number of benzene rings is 2. The molecule has 44 heavy (non-hydrogen) atoms. The van der Waals surface area contributed by atoms with E-state index in [1.807, 2.05) is 6.92 Å². The lowest BCUT2D eigenvalue weighted by Crippen LogP contribution is -2.68. The quantitative estimate of drug-likeness (QED) is 0.261. The summed E-state index contributed by atoms with van der Waals surface area (Å²) >= 11 is 0.